The molecule has 19 heavy (non-hydrogen) atoms. The highest BCUT2D eigenvalue weighted by Crippen LogP contribution is 2.33. The summed E-state index contributed by atoms with van der Waals surface area (Å²) in [6, 6.07) is 0.658. The van der Waals surface area contributed by atoms with Gasteiger partial charge in [-0.1, -0.05) is 57.2 Å². The zero-order valence-corrected chi connectivity index (χ0v) is 13.3. The average Bonchev–Trinajstić information content (AvgIpc) is 2.45. The van der Waals surface area contributed by atoms with Crippen molar-refractivity contribution >= 4 is 11.6 Å². The fourth-order valence-corrected chi connectivity index (χ4v) is 3.86. The molecule has 1 saturated carbocycles. The van der Waals surface area contributed by atoms with E-state index in [1.165, 1.54) is 45.1 Å². The van der Waals surface area contributed by atoms with Crippen LogP contribution in [0.3, 0.4) is 0 Å². The summed E-state index contributed by atoms with van der Waals surface area (Å²) in [4.78, 5) is 2.66. The molecule has 0 aromatic heterocycles. The monoisotopic (exact) mass is 284 g/mol. The van der Waals surface area contributed by atoms with Crippen LogP contribution in [0.25, 0.3) is 0 Å². The molecule has 0 radical (unpaired) electrons. The van der Waals surface area contributed by atoms with E-state index in [9.17, 15) is 0 Å². The standard InChI is InChI=1S/C16H29ClN2/c1-3-14(2)15-12-18-16(8-5-4-6-9-16)13-19(15)11-7-10-17/h7,10,14-15,18H,3-6,8-9,11-13H2,1-2H3/b10-7+. The molecule has 2 atom stereocenters. The number of rotatable bonds is 4. The predicted molar refractivity (Wildman–Crippen MR) is 83.6 cm³/mol. The van der Waals surface area contributed by atoms with Crippen molar-refractivity contribution in [2.45, 2.75) is 64.0 Å². The third-order valence-electron chi connectivity index (χ3n) is 5.20. The summed E-state index contributed by atoms with van der Waals surface area (Å²) in [6.07, 6.45) is 10.2. The molecule has 0 aromatic rings. The van der Waals surface area contributed by atoms with Crippen LogP contribution < -0.4 is 5.32 Å². The molecule has 1 aliphatic carbocycles. The molecule has 1 heterocycles. The second-order valence-corrected chi connectivity index (χ2v) is 6.72. The molecule has 0 bridgehead atoms. The Balaban J connectivity index is 2.04. The Labute approximate surface area is 123 Å². The number of halogens is 1. The van der Waals surface area contributed by atoms with Gasteiger partial charge in [-0.15, -0.1) is 0 Å². The van der Waals surface area contributed by atoms with Crippen molar-refractivity contribution in [1.82, 2.24) is 10.2 Å². The van der Waals surface area contributed by atoms with Crippen molar-refractivity contribution in [2.75, 3.05) is 19.6 Å². The smallest absolute Gasteiger partial charge is 0.0309 e. The first kappa shape index (κ1) is 15.3. The lowest BCUT2D eigenvalue weighted by Gasteiger charge is -2.51. The minimum Gasteiger partial charge on any atom is -0.308 e. The molecule has 0 aromatic carbocycles. The van der Waals surface area contributed by atoms with Gasteiger partial charge in [-0.25, -0.2) is 0 Å². The van der Waals surface area contributed by atoms with Crippen LogP contribution in [0.15, 0.2) is 11.6 Å². The first-order valence-electron chi connectivity index (χ1n) is 7.95. The lowest BCUT2D eigenvalue weighted by Crippen LogP contribution is -2.65. The van der Waals surface area contributed by atoms with Gasteiger partial charge in [0.1, 0.15) is 0 Å². The van der Waals surface area contributed by atoms with E-state index >= 15 is 0 Å². The van der Waals surface area contributed by atoms with E-state index in [1.54, 1.807) is 5.54 Å². The normalized spacial score (nSPS) is 29.9. The van der Waals surface area contributed by atoms with Gasteiger partial charge in [0.15, 0.2) is 0 Å². The highest BCUT2D eigenvalue weighted by molar-refractivity contribution is 6.25. The van der Waals surface area contributed by atoms with Crippen molar-refractivity contribution in [1.29, 1.82) is 0 Å². The fraction of sp³-hybridized carbons (Fsp3) is 0.875. The SMILES string of the molecule is CCC(C)C1CNC2(CCCCC2)CN1C/C=C/Cl. The van der Waals surface area contributed by atoms with E-state index in [-0.39, 0.29) is 0 Å². The van der Waals surface area contributed by atoms with E-state index in [2.05, 4.69) is 30.1 Å². The summed E-state index contributed by atoms with van der Waals surface area (Å²) in [7, 11) is 0. The molecule has 1 spiro atoms. The van der Waals surface area contributed by atoms with Crippen molar-refractivity contribution in [3.05, 3.63) is 11.6 Å². The first-order chi connectivity index (χ1) is 9.21. The lowest BCUT2D eigenvalue weighted by atomic mass is 9.78. The van der Waals surface area contributed by atoms with Gasteiger partial charge in [0, 0.05) is 36.8 Å². The zero-order valence-electron chi connectivity index (χ0n) is 12.5. The number of piperazine rings is 1. The molecule has 2 fully saturated rings. The third-order valence-corrected chi connectivity index (χ3v) is 5.38. The molecule has 2 aliphatic rings. The van der Waals surface area contributed by atoms with E-state index in [0.29, 0.717) is 11.6 Å². The largest absolute Gasteiger partial charge is 0.308 e. The molecule has 1 aliphatic heterocycles. The molecule has 2 nitrogen and oxygen atoms in total. The van der Waals surface area contributed by atoms with E-state index < -0.39 is 0 Å². The molecule has 110 valence electrons. The minimum absolute atomic E-state index is 0.391. The molecule has 2 unspecified atom stereocenters. The Kier molecular flexibility index (Phi) is 5.73. The Morgan fingerprint density at radius 3 is 2.74 bits per heavy atom. The van der Waals surface area contributed by atoms with Crippen molar-refractivity contribution in [3.63, 3.8) is 0 Å². The van der Waals surface area contributed by atoms with Crippen LogP contribution in [0.2, 0.25) is 0 Å². The fourth-order valence-electron chi connectivity index (χ4n) is 3.78. The van der Waals surface area contributed by atoms with Gasteiger partial charge in [0.25, 0.3) is 0 Å². The van der Waals surface area contributed by atoms with Crippen molar-refractivity contribution < 1.29 is 0 Å². The van der Waals surface area contributed by atoms with Gasteiger partial charge in [0.05, 0.1) is 0 Å². The first-order valence-corrected chi connectivity index (χ1v) is 8.39. The molecule has 0 amide bonds. The molecular weight excluding hydrogens is 256 g/mol. The molecule has 1 N–H and O–H groups in total. The second kappa shape index (κ2) is 7.10. The molecule has 2 rings (SSSR count). The summed E-state index contributed by atoms with van der Waals surface area (Å²) in [5.74, 6) is 0.747. The maximum atomic E-state index is 5.74. The maximum Gasteiger partial charge on any atom is 0.0309 e. The summed E-state index contributed by atoms with van der Waals surface area (Å²) >= 11 is 5.74. The van der Waals surface area contributed by atoms with Crippen LogP contribution in [0.5, 0.6) is 0 Å². The van der Waals surface area contributed by atoms with Crippen LogP contribution >= 0.6 is 11.6 Å². The van der Waals surface area contributed by atoms with Crippen LogP contribution in [0.4, 0.5) is 0 Å². The van der Waals surface area contributed by atoms with Gasteiger partial charge in [0.2, 0.25) is 0 Å². The summed E-state index contributed by atoms with van der Waals surface area (Å²) in [6.45, 7) is 8.02. The minimum atomic E-state index is 0.391. The average molecular weight is 285 g/mol. The molecule has 1 saturated heterocycles. The molecular formula is C16H29ClN2. The van der Waals surface area contributed by atoms with Crippen LogP contribution in [0, 0.1) is 5.92 Å². The number of nitrogens with one attached hydrogen (secondary N) is 1. The highest BCUT2D eigenvalue weighted by atomic mass is 35.5. The Morgan fingerprint density at radius 1 is 1.37 bits per heavy atom. The number of nitrogens with zero attached hydrogens (tertiary/aromatic N) is 1. The van der Waals surface area contributed by atoms with Crippen molar-refractivity contribution in [3.8, 4) is 0 Å². The van der Waals surface area contributed by atoms with Gasteiger partial charge >= 0.3 is 0 Å². The number of hydrogen-bond acceptors (Lipinski definition) is 2. The number of hydrogen-bond donors (Lipinski definition) is 1. The van der Waals surface area contributed by atoms with Gasteiger partial charge < -0.3 is 5.32 Å². The summed E-state index contributed by atoms with van der Waals surface area (Å²) < 4.78 is 0. The Hall–Kier alpha value is -0.0500. The summed E-state index contributed by atoms with van der Waals surface area (Å²) in [5, 5.41) is 3.91. The quantitative estimate of drug-likeness (QED) is 0.846. The second-order valence-electron chi connectivity index (χ2n) is 6.47. The van der Waals surface area contributed by atoms with E-state index in [4.69, 9.17) is 11.6 Å². The van der Waals surface area contributed by atoms with Crippen LogP contribution in [0.1, 0.15) is 52.4 Å². The van der Waals surface area contributed by atoms with Crippen LogP contribution in [-0.2, 0) is 0 Å². The van der Waals surface area contributed by atoms with Gasteiger partial charge in [-0.3, -0.25) is 4.90 Å². The van der Waals surface area contributed by atoms with E-state index in [1.807, 2.05) is 0 Å². The maximum absolute atomic E-state index is 5.74. The third kappa shape index (κ3) is 3.74. The van der Waals surface area contributed by atoms with E-state index in [0.717, 1.165) is 19.0 Å². The van der Waals surface area contributed by atoms with Gasteiger partial charge in [-0.2, -0.15) is 0 Å². The molecule has 3 heteroatoms. The highest BCUT2D eigenvalue weighted by Gasteiger charge is 2.40. The van der Waals surface area contributed by atoms with Gasteiger partial charge in [-0.05, 0) is 18.8 Å². The van der Waals surface area contributed by atoms with Crippen molar-refractivity contribution in [2.24, 2.45) is 5.92 Å². The topological polar surface area (TPSA) is 15.3 Å². The predicted octanol–water partition coefficient (Wildman–Crippen LogP) is 3.76. The summed E-state index contributed by atoms with van der Waals surface area (Å²) in [5.41, 5.74) is 2.06. The van der Waals surface area contributed by atoms with Crippen LogP contribution in [-0.4, -0.2) is 36.1 Å². The zero-order chi connectivity index (χ0) is 13.7. The Bertz CT molecular complexity index is 297. The Morgan fingerprint density at radius 2 is 2.11 bits per heavy atom. The lowest BCUT2D eigenvalue weighted by molar-refractivity contribution is 0.0408.